The third kappa shape index (κ3) is 5.93. The molecule has 1 amide bonds. The molecule has 8 nitrogen and oxygen atoms in total. The largest absolute Gasteiger partial charge is 0.506 e. The Kier molecular flexibility index (Phi) is 7.78. The first-order chi connectivity index (χ1) is 19.5. The van der Waals surface area contributed by atoms with Gasteiger partial charge in [0.1, 0.15) is 23.8 Å². The summed E-state index contributed by atoms with van der Waals surface area (Å²) in [6, 6.07) is 18.6. The monoisotopic (exact) mass is 574 g/mol. The maximum absolute atomic E-state index is 13.8. The molecule has 0 saturated heterocycles. The number of phenols is 1. The van der Waals surface area contributed by atoms with Crippen molar-refractivity contribution >= 4 is 40.6 Å². The topological polar surface area (TPSA) is 116 Å². The van der Waals surface area contributed by atoms with Crippen molar-refractivity contribution < 1.29 is 29.3 Å². The predicted octanol–water partition coefficient (Wildman–Crippen LogP) is 6.63. The van der Waals surface area contributed by atoms with Crippen LogP contribution in [0.25, 0.3) is 0 Å². The zero-order chi connectivity index (χ0) is 29.3. The molecule has 41 heavy (non-hydrogen) atoms. The maximum Gasteiger partial charge on any atom is 0.303 e. The summed E-state index contributed by atoms with van der Waals surface area (Å²) in [7, 11) is 0. The van der Waals surface area contributed by atoms with Crippen LogP contribution in [0.5, 0.6) is 11.5 Å². The summed E-state index contributed by atoms with van der Waals surface area (Å²) in [4.78, 5) is 40.4. The highest BCUT2D eigenvalue weighted by Gasteiger charge is 2.44. The van der Waals surface area contributed by atoms with E-state index in [0.717, 1.165) is 5.56 Å². The van der Waals surface area contributed by atoms with Crippen LogP contribution in [0.1, 0.15) is 56.7 Å². The van der Waals surface area contributed by atoms with Crippen LogP contribution in [0.3, 0.4) is 0 Å². The molecule has 0 spiro atoms. The maximum atomic E-state index is 13.8. The predicted molar refractivity (Wildman–Crippen MR) is 156 cm³/mol. The van der Waals surface area contributed by atoms with E-state index in [-0.39, 0.29) is 40.5 Å². The van der Waals surface area contributed by atoms with Crippen molar-refractivity contribution in [3.05, 3.63) is 94.1 Å². The number of hydrogen-bond acceptors (Lipinski definition) is 6. The highest BCUT2D eigenvalue weighted by Crippen LogP contribution is 2.51. The van der Waals surface area contributed by atoms with Crippen molar-refractivity contribution in [1.29, 1.82) is 0 Å². The van der Waals surface area contributed by atoms with E-state index in [1.165, 1.54) is 11.0 Å². The van der Waals surface area contributed by atoms with E-state index in [4.69, 9.17) is 16.3 Å². The van der Waals surface area contributed by atoms with Gasteiger partial charge in [0.25, 0.3) is 0 Å². The number of fused-ring (bicyclic) bond motifs is 1. The first kappa shape index (κ1) is 28.2. The molecule has 0 aromatic heterocycles. The third-order valence-corrected chi connectivity index (χ3v) is 7.67. The molecule has 212 valence electrons. The summed E-state index contributed by atoms with van der Waals surface area (Å²) >= 11 is 6.87. The third-order valence-electron chi connectivity index (χ3n) is 7.34. The zero-order valence-corrected chi connectivity index (χ0v) is 23.6. The molecule has 3 aromatic carbocycles. The Labute approximate surface area is 243 Å². The SMILES string of the molecule is CC1(C)CC(=O)C2=C(C1)Nc1c(O)cccc1N(C(=O)CCC(=O)O)C2c1ccc(OCc2ccccc2)cc1Cl. The molecule has 1 aliphatic carbocycles. The highest BCUT2D eigenvalue weighted by molar-refractivity contribution is 6.31. The van der Waals surface area contributed by atoms with E-state index < -0.39 is 24.3 Å². The number of carboxylic acid groups (broad SMARTS) is 1. The molecule has 3 aromatic rings. The molecular weight excluding hydrogens is 544 g/mol. The average Bonchev–Trinajstić information content (AvgIpc) is 3.06. The van der Waals surface area contributed by atoms with E-state index >= 15 is 0 Å². The quantitative estimate of drug-likeness (QED) is 0.271. The Morgan fingerprint density at radius 1 is 1.05 bits per heavy atom. The summed E-state index contributed by atoms with van der Waals surface area (Å²) in [5.74, 6) is -1.37. The van der Waals surface area contributed by atoms with Crippen molar-refractivity contribution in [3.8, 4) is 11.5 Å². The van der Waals surface area contributed by atoms with Crippen LogP contribution in [0.4, 0.5) is 11.4 Å². The van der Waals surface area contributed by atoms with E-state index in [1.807, 2.05) is 44.2 Å². The minimum Gasteiger partial charge on any atom is -0.506 e. The first-order valence-corrected chi connectivity index (χ1v) is 13.8. The number of aromatic hydroxyl groups is 1. The van der Waals surface area contributed by atoms with Crippen molar-refractivity contribution in [2.75, 3.05) is 10.2 Å². The van der Waals surface area contributed by atoms with Gasteiger partial charge < -0.3 is 20.3 Å². The number of carbonyl (C=O) groups is 3. The Bertz CT molecular complexity index is 1550. The van der Waals surface area contributed by atoms with Gasteiger partial charge >= 0.3 is 5.97 Å². The molecule has 0 fully saturated rings. The number of nitrogens with zero attached hydrogens (tertiary/aromatic N) is 1. The molecule has 0 radical (unpaired) electrons. The van der Waals surface area contributed by atoms with E-state index in [9.17, 15) is 24.6 Å². The second-order valence-electron chi connectivity index (χ2n) is 11.1. The number of carbonyl (C=O) groups excluding carboxylic acids is 2. The number of amides is 1. The standard InChI is InChI=1S/C32H31ClN2O6/c1-32(2)16-23-29(26(37)17-32)31(21-12-11-20(15-22(21)33)41-18-19-7-4-3-5-8-19)35(27(38)13-14-28(39)40)24-9-6-10-25(36)30(24)34-23/h3-12,15,31,34,36H,13-14,16-18H2,1-2H3,(H,39,40). The van der Waals surface area contributed by atoms with Crippen molar-refractivity contribution in [2.24, 2.45) is 5.41 Å². The lowest BCUT2D eigenvalue weighted by Gasteiger charge is -2.37. The minimum atomic E-state index is -1.12. The number of para-hydroxylation sites is 1. The number of benzene rings is 3. The van der Waals surface area contributed by atoms with Crippen LogP contribution in [0, 0.1) is 5.41 Å². The van der Waals surface area contributed by atoms with Gasteiger partial charge in [0.15, 0.2) is 5.78 Å². The lowest BCUT2D eigenvalue weighted by atomic mass is 9.73. The van der Waals surface area contributed by atoms with Gasteiger partial charge in [-0.2, -0.15) is 0 Å². The molecule has 1 aliphatic heterocycles. The summed E-state index contributed by atoms with van der Waals surface area (Å²) in [5.41, 5.74) is 2.66. The normalized spacial score (nSPS) is 17.7. The number of Topliss-reactive ketones (excluding diaryl/α,β-unsaturated/α-hetero) is 1. The number of nitrogens with one attached hydrogen (secondary N) is 1. The Morgan fingerprint density at radius 2 is 1.80 bits per heavy atom. The van der Waals surface area contributed by atoms with Gasteiger partial charge in [-0.25, -0.2) is 0 Å². The molecule has 0 bridgehead atoms. The molecule has 2 aliphatic rings. The van der Waals surface area contributed by atoms with Gasteiger partial charge in [-0.15, -0.1) is 0 Å². The highest BCUT2D eigenvalue weighted by atomic mass is 35.5. The van der Waals surface area contributed by atoms with Gasteiger partial charge in [-0.1, -0.05) is 67.9 Å². The van der Waals surface area contributed by atoms with Crippen LogP contribution in [-0.2, 0) is 21.0 Å². The molecule has 5 rings (SSSR count). The van der Waals surface area contributed by atoms with Crippen LogP contribution in [0.2, 0.25) is 5.02 Å². The summed E-state index contributed by atoms with van der Waals surface area (Å²) in [6.07, 6.45) is 0.0421. The van der Waals surface area contributed by atoms with Crippen LogP contribution in [0.15, 0.2) is 78.0 Å². The van der Waals surface area contributed by atoms with Gasteiger partial charge in [0.2, 0.25) is 5.91 Å². The second-order valence-corrected chi connectivity index (χ2v) is 11.6. The Morgan fingerprint density at radius 3 is 2.51 bits per heavy atom. The molecule has 9 heteroatoms. The van der Waals surface area contributed by atoms with Gasteiger partial charge in [0.05, 0.1) is 18.2 Å². The number of aliphatic carboxylic acids is 1. The summed E-state index contributed by atoms with van der Waals surface area (Å²) in [6.45, 7) is 4.31. The number of ether oxygens (including phenoxy) is 1. The average molecular weight is 575 g/mol. The molecule has 1 heterocycles. The number of anilines is 2. The Balaban J connectivity index is 1.65. The number of allylic oxidation sites excluding steroid dienone is 1. The van der Waals surface area contributed by atoms with E-state index in [0.29, 0.717) is 41.3 Å². The molecular formula is C32H31ClN2O6. The number of hydrogen-bond donors (Lipinski definition) is 3. The number of halogens is 1. The number of phenolic OH excluding ortho intramolecular Hbond substituents is 1. The Hall–Kier alpha value is -4.30. The number of ketones is 1. The smallest absolute Gasteiger partial charge is 0.303 e. The van der Waals surface area contributed by atoms with E-state index in [1.54, 1.807) is 30.3 Å². The van der Waals surface area contributed by atoms with Crippen molar-refractivity contribution in [3.63, 3.8) is 0 Å². The zero-order valence-electron chi connectivity index (χ0n) is 22.8. The van der Waals surface area contributed by atoms with Crippen molar-refractivity contribution in [1.82, 2.24) is 0 Å². The van der Waals surface area contributed by atoms with Gasteiger partial charge in [-0.3, -0.25) is 19.3 Å². The number of rotatable bonds is 7. The lowest BCUT2D eigenvalue weighted by Crippen LogP contribution is -2.39. The fourth-order valence-electron chi connectivity index (χ4n) is 5.51. The molecule has 0 saturated carbocycles. The van der Waals surface area contributed by atoms with Crippen LogP contribution >= 0.6 is 11.6 Å². The fraction of sp³-hybridized carbons (Fsp3) is 0.281. The second kappa shape index (κ2) is 11.3. The lowest BCUT2D eigenvalue weighted by molar-refractivity contribution is -0.138. The summed E-state index contributed by atoms with van der Waals surface area (Å²) < 4.78 is 5.95. The van der Waals surface area contributed by atoms with Crippen LogP contribution in [-0.4, -0.2) is 27.9 Å². The van der Waals surface area contributed by atoms with Crippen LogP contribution < -0.4 is 15.0 Å². The fourth-order valence-corrected chi connectivity index (χ4v) is 5.78. The minimum absolute atomic E-state index is 0.0994. The van der Waals surface area contributed by atoms with E-state index in [2.05, 4.69) is 5.32 Å². The van der Waals surface area contributed by atoms with Gasteiger partial charge in [0, 0.05) is 29.1 Å². The number of carboxylic acids is 1. The van der Waals surface area contributed by atoms with Gasteiger partial charge in [-0.05, 0) is 47.2 Å². The summed E-state index contributed by atoms with van der Waals surface area (Å²) in [5, 5.41) is 23.7. The molecule has 1 atom stereocenters. The molecule has 3 N–H and O–H groups in total. The first-order valence-electron chi connectivity index (χ1n) is 13.4. The van der Waals surface area contributed by atoms with Crippen molar-refractivity contribution in [2.45, 2.75) is 52.2 Å². The molecule has 1 unspecified atom stereocenters.